The van der Waals surface area contributed by atoms with Gasteiger partial charge in [-0.15, -0.1) is 0 Å². The van der Waals surface area contributed by atoms with Gasteiger partial charge in [0.25, 0.3) is 0 Å². The van der Waals surface area contributed by atoms with Crippen LogP contribution in [-0.4, -0.2) is 57.1 Å². The van der Waals surface area contributed by atoms with E-state index in [1.165, 1.54) is 17.8 Å². The van der Waals surface area contributed by atoms with Crippen LogP contribution in [0.1, 0.15) is 56.1 Å². The molecule has 3 aromatic carbocycles. The highest BCUT2D eigenvalue weighted by molar-refractivity contribution is 9.10. The number of hydrogen-bond acceptors (Lipinski definition) is 5. The van der Waals surface area contributed by atoms with Crippen molar-refractivity contribution in [2.24, 2.45) is 0 Å². The molecule has 10 heteroatoms. The molecule has 4 rings (SSSR count). The second-order valence-corrected chi connectivity index (χ2v) is 14.1. The molecule has 1 aliphatic carbocycles. The lowest BCUT2D eigenvalue weighted by Gasteiger charge is -2.34. The van der Waals surface area contributed by atoms with Gasteiger partial charge in [0.2, 0.25) is 21.8 Å². The highest BCUT2D eigenvalue weighted by Gasteiger charge is 2.32. The Balaban J connectivity index is 1.60. The number of nitrogens with one attached hydrogen (secondary N) is 1. The summed E-state index contributed by atoms with van der Waals surface area (Å²) < 4.78 is 33.1. The molecule has 1 aliphatic rings. The molecule has 1 fully saturated rings. The third kappa shape index (κ3) is 9.56. The predicted octanol–water partition coefficient (Wildman–Crippen LogP) is 6.09. The zero-order valence-corrected chi connectivity index (χ0v) is 27.9. The second kappa shape index (κ2) is 16.1. The number of methoxy groups -OCH3 is 1. The number of anilines is 1. The van der Waals surface area contributed by atoms with Crippen molar-refractivity contribution in [3.8, 4) is 5.75 Å². The van der Waals surface area contributed by atoms with E-state index < -0.39 is 16.1 Å². The van der Waals surface area contributed by atoms with Crippen LogP contribution in [0.5, 0.6) is 5.75 Å². The van der Waals surface area contributed by atoms with Gasteiger partial charge in [0.15, 0.2) is 0 Å². The van der Waals surface area contributed by atoms with Gasteiger partial charge in [-0.1, -0.05) is 89.8 Å². The lowest BCUT2D eigenvalue weighted by atomic mass is 9.94. The maximum Gasteiger partial charge on any atom is 0.243 e. The van der Waals surface area contributed by atoms with Crippen molar-refractivity contribution in [2.75, 3.05) is 24.2 Å². The van der Waals surface area contributed by atoms with E-state index in [0.29, 0.717) is 17.9 Å². The number of benzene rings is 3. The van der Waals surface area contributed by atoms with Crippen LogP contribution in [0.15, 0.2) is 83.3 Å². The smallest absolute Gasteiger partial charge is 0.243 e. The highest BCUT2D eigenvalue weighted by atomic mass is 79.9. The van der Waals surface area contributed by atoms with Crippen molar-refractivity contribution in [2.45, 2.75) is 70.0 Å². The molecule has 0 aliphatic heterocycles. The number of hydrogen-bond donors (Lipinski definition) is 1. The number of sulfonamides is 1. The van der Waals surface area contributed by atoms with E-state index in [1.807, 2.05) is 54.6 Å². The van der Waals surface area contributed by atoms with Crippen LogP contribution >= 0.6 is 15.9 Å². The minimum absolute atomic E-state index is 0.0666. The Morgan fingerprint density at radius 2 is 1.64 bits per heavy atom. The summed E-state index contributed by atoms with van der Waals surface area (Å²) in [5, 5.41) is 3.26. The fraction of sp³-hybridized carbons (Fsp3) is 0.412. The van der Waals surface area contributed by atoms with Gasteiger partial charge in [-0.05, 0) is 54.7 Å². The molecule has 0 aromatic heterocycles. The van der Waals surface area contributed by atoms with E-state index in [9.17, 15) is 18.0 Å². The first-order valence-corrected chi connectivity index (χ1v) is 17.8. The molecule has 1 saturated carbocycles. The molecule has 1 N–H and O–H groups in total. The quantitative estimate of drug-likeness (QED) is 0.222. The molecule has 0 saturated heterocycles. The van der Waals surface area contributed by atoms with Crippen molar-refractivity contribution >= 4 is 43.5 Å². The number of amides is 2. The van der Waals surface area contributed by atoms with E-state index in [2.05, 4.69) is 21.2 Å². The molecule has 8 nitrogen and oxygen atoms in total. The zero-order valence-electron chi connectivity index (χ0n) is 25.5. The van der Waals surface area contributed by atoms with Gasteiger partial charge in [0.1, 0.15) is 11.8 Å². The first-order valence-electron chi connectivity index (χ1n) is 15.1. The topological polar surface area (TPSA) is 96.0 Å². The van der Waals surface area contributed by atoms with Crippen molar-refractivity contribution < 1.29 is 22.7 Å². The first-order chi connectivity index (χ1) is 21.2. The Morgan fingerprint density at radius 1 is 0.955 bits per heavy atom. The largest absolute Gasteiger partial charge is 0.495 e. The summed E-state index contributed by atoms with van der Waals surface area (Å²) in [5.41, 5.74) is 2.27. The lowest BCUT2D eigenvalue weighted by molar-refractivity contribution is -0.141. The average molecular weight is 685 g/mol. The van der Waals surface area contributed by atoms with Crippen LogP contribution in [0.25, 0.3) is 0 Å². The summed E-state index contributed by atoms with van der Waals surface area (Å²) in [6.07, 6.45) is 7.06. The molecule has 3 aromatic rings. The van der Waals surface area contributed by atoms with Crippen LogP contribution in [0, 0.1) is 0 Å². The first kappa shape index (κ1) is 33.5. The van der Waals surface area contributed by atoms with Gasteiger partial charge in [0, 0.05) is 36.4 Å². The van der Waals surface area contributed by atoms with E-state index >= 15 is 0 Å². The third-order valence-corrected chi connectivity index (χ3v) is 9.64. The van der Waals surface area contributed by atoms with Gasteiger partial charge in [-0.25, -0.2) is 8.42 Å². The molecule has 0 radical (unpaired) electrons. The fourth-order valence-corrected chi connectivity index (χ4v) is 7.16. The number of carbonyl (C=O) groups excluding carboxylic acids is 2. The maximum absolute atomic E-state index is 14.1. The number of nitrogens with zero attached hydrogens (tertiary/aromatic N) is 2. The molecule has 2 amide bonds. The lowest BCUT2D eigenvalue weighted by Crippen LogP contribution is -2.52. The van der Waals surface area contributed by atoms with E-state index in [4.69, 9.17) is 4.74 Å². The van der Waals surface area contributed by atoms with Crippen molar-refractivity contribution in [1.82, 2.24) is 10.2 Å². The molecule has 236 valence electrons. The van der Waals surface area contributed by atoms with E-state index in [0.717, 1.165) is 47.5 Å². The van der Waals surface area contributed by atoms with Crippen molar-refractivity contribution in [3.05, 3.63) is 94.5 Å². The zero-order chi connectivity index (χ0) is 31.5. The highest BCUT2D eigenvalue weighted by Crippen LogP contribution is 2.30. The molecule has 1 atom stereocenters. The predicted molar refractivity (Wildman–Crippen MR) is 178 cm³/mol. The summed E-state index contributed by atoms with van der Waals surface area (Å²) in [7, 11) is -2.16. The second-order valence-electron chi connectivity index (χ2n) is 11.3. The SMILES string of the molecule is COc1ccccc1N(CCCC(=O)N(Cc1cccc(Br)c1)C(Cc1ccccc1)C(=O)NC1CCCCC1)S(C)(=O)=O. The number of halogens is 1. The minimum atomic E-state index is -3.65. The van der Waals surface area contributed by atoms with Crippen molar-refractivity contribution in [3.63, 3.8) is 0 Å². The standard InChI is InChI=1S/C34H42BrN3O5S/c1-43-32-20-10-9-19-30(32)38(44(2,41)42)22-12-21-33(39)37(25-27-15-11-16-28(35)23-27)31(24-26-13-5-3-6-14-26)34(40)36-29-17-7-4-8-18-29/h3,5-6,9-11,13-16,19-20,23,29,31H,4,7-8,12,17-18,21-22,24-25H2,1-2H3,(H,36,40). The third-order valence-electron chi connectivity index (χ3n) is 7.97. The van der Waals surface area contributed by atoms with E-state index in [-0.39, 0.29) is 43.8 Å². The summed E-state index contributed by atoms with van der Waals surface area (Å²) in [5.74, 6) is 0.0666. The van der Waals surface area contributed by atoms with Crippen LogP contribution < -0.4 is 14.4 Å². The summed E-state index contributed by atoms with van der Waals surface area (Å²) in [4.78, 5) is 29.7. The Morgan fingerprint density at radius 3 is 2.32 bits per heavy atom. The Bertz CT molecular complexity index is 1500. The monoisotopic (exact) mass is 683 g/mol. The average Bonchev–Trinajstić information content (AvgIpc) is 3.01. The van der Waals surface area contributed by atoms with Crippen LogP contribution in [0.4, 0.5) is 5.69 Å². The molecule has 0 heterocycles. The van der Waals surface area contributed by atoms with Gasteiger partial charge in [0.05, 0.1) is 19.1 Å². The number of ether oxygens (including phenoxy) is 1. The normalized spacial score (nSPS) is 14.4. The Labute approximate surface area is 270 Å². The molecule has 0 bridgehead atoms. The number of rotatable bonds is 14. The summed E-state index contributed by atoms with van der Waals surface area (Å²) >= 11 is 3.53. The molecular weight excluding hydrogens is 642 g/mol. The number of para-hydroxylation sites is 2. The van der Waals surface area contributed by atoms with Gasteiger partial charge < -0.3 is 15.0 Å². The summed E-state index contributed by atoms with van der Waals surface area (Å²) in [6, 6.07) is 23.8. The van der Waals surface area contributed by atoms with Crippen LogP contribution in [0.3, 0.4) is 0 Å². The maximum atomic E-state index is 14.1. The van der Waals surface area contributed by atoms with Crippen LogP contribution in [-0.2, 0) is 32.6 Å². The van der Waals surface area contributed by atoms with E-state index in [1.54, 1.807) is 29.2 Å². The fourth-order valence-electron chi connectivity index (χ4n) is 5.75. The van der Waals surface area contributed by atoms with Crippen molar-refractivity contribution in [1.29, 1.82) is 0 Å². The molecule has 0 spiro atoms. The van der Waals surface area contributed by atoms with Gasteiger partial charge >= 0.3 is 0 Å². The van der Waals surface area contributed by atoms with Gasteiger partial charge in [-0.2, -0.15) is 0 Å². The van der Waals surface area contributed by atoms with Crippen LogP contribution in [0.2, 0.25) is 0 Å². The molecule has 1 unspecified atom stereocenters. The Hall–Kier alpha value is -3.37. The molecular formula is C34H42BrN3O5S. The Kier molecular flexibility index (Phi) is 12.3. The molecule has 44 heavy (non-hydrogen) atoms. The minimum Gasteiger partial charge on any atom is -0.495 e. The number of carbonyl (C=O) groups is 2. The summed E-state index contributed by atoms with van der Waals surface area (Å²) in [6.45, 7) is 0.337. The van der Waals surface area contributed by atoms with Gasteiger partial charge in [-0.3, -0.25) is 13.9 Å².